The summed E-state index contributed by atoms with van der Waals surface area (Å²) in [7, 11) is 1.81. The van der Waals surface area contributed by atoms with Gasteiger partial charge in [-0.25, -0.2) is 4.39 Å². The molecule has 0 saturated heterocycles. The van der Waals surface area contributed by atoms with Crippen LogP contribution in [0.1, 0.15) is 36.3 Å². The monoisotopic (exact) mass is 403 g/mol. The summed E-state index contributed by atoms with van der Waals surface area (Å²) in [5.74, 6) is 0.376. The van der Waals surface area contributed by atoms with Crippen molar-refractivity contribution in [2.24, 2.45) is 5.73 Å². The van der Waals surface area contributed by atoms with Crippen molar-refractivity contribution < 1.29 is 13.9 Å². The normalized spacial score (nSPS) is 18.9. The van der Waals surface area contributed by atoms with Crippen molar-refractivity contribution in [1.29, 1.82) is 5.26 Å². The summed E-state index contributed by atoms with van der Waals surface area (Å²) in [5, 5.41) is 9.77. The minimum absolute atomic E-state index is 0.0741. The van der Waals surface area contributed by atoms with Crippen LogP contribution in [0.5, 0.6) is 5.75 Å². The fraction of sp³-hybridized carbons (Fsp3) is 0.250. The first-order chi connectivity index (χ1) is 14.5. The summed E-state index contributed by atoms with van der Waals surface area (Å²) in [6.07, 6.45) is 2.05. The van der Waals surface area contributed by atoms with Crippen LogP contribution in [0.4, 0.5) is 4.39 Å². The molecule has 5 nitrogen and oxygen atoms in total. The van der Waals surface area contributed by atoms with E-state index in [1.54, 1.807) is 17.0 Å². The topological polar surface area (TPSA) is 79.3 Å². The first kappa shape index (κ1) is 19.7. The Balaban J connectivity index is 1.61. The fourth-order valence-corrected chi connectivity index (χ4v) is 4.10. The SMILES string of the molecule is CN1C(N)=C(C#N)[C@@H](c2ccc(OCc3ccc(F)cc3)cc2)C2=C1CCCC2=O. The van der Waals surface area contributed by atoms with Crippen molar-refractivity contribution in [2.45, 2.75) is 31.8 Å². The highest BCUT2D eigenvalue weighted by atomic mass is 19.1. The number of benzene rings is 2. The van der Waals surface area contributed by atoms with Crippen LogP contribution in [0.25, 0.3) is 0 Å². The van der Waals surface area contributed by atoms with E-state index < -0.39 is 5.92 Å². The van der Waals surface area contributed by atoms with E-state index >= 15 is 0 Å². The van der Waals surface area contributed by atoms with Gasteiger partial charge in [0.15, 0.2) is 5.78 Å². The summed E-state index contributed by atoms with van der Waals surface area (Å²) >= 11 is 0. The van der Waals surface area contributed by atoms with Crippen molar-refractivity contribution in [1.82, 2.24) is 4.90 Å². The van der Waals surface area contributed by atoms with Gasteiger partial charge in [-0.3, -0.25) is 4.79 Å². The number of rotatable bonds is 4. The standard InChI is InChI=1S/C24H22FN3O2/c1-28-20-3-2-4-21(29)23(20)22(19(13-26)24(28)27)16-7-11-18(12-8-16)30-14-15-5-9-17(25)10-6-15/h5-12,22H,2-4,14,27H2,1H3/t22-/m1/s1. The number of nitrogens with two attached hydrogens (primary N) is 1. The molecule has 1 aliphatic heterocycles. The lowest BCUT2D eigenvalue weighted by atomic mass is 9.76. The average Bonchev–Trinajstić information content (AvgIpc) is 2.76. The molecule has 0 amide bonds. The molecule has 152 valence electrons. The second kappa shape index (κ2) is 8.03. The molecule has 0 aromatic heterocycles. The lowest BCUT2D eigenvalue weighted by Crippen LogP contribution is -2.36. The molecule has 0 unspecified atom stereocenters. The number of halogens is 1. The number of nitriles is 1. The van der Waals surface area contributed by atoms with Crippen molar-refractivity contribution in [2.75, 3.05) is 7.05 Å². The van der Waals surface area contributed by atoms with Gasteiger partial charge >= 0.3 is 0 Å². The van der Waals surface area contributed by atoms with Crippen LogP contribution in [0, 0.1) is 17.1 Å². The lowest BCUT2D eigenvalue weighted by Gasteiger charge is -2.37. The van der Waals surface area contributed by atoms with Gasteiger partial charge in [0.1, 0.15) is 24.0 Å². The number of ether oxygens (including phenoxy) is 1. The maximum atomic E-state index is 13.0. The van der Waals surface area contributed by atoms with E-state index in [-0.39, 0.29) is 11.6 Å². The number of nitrogens with zero attached hydrogens (tertiary/aromatic N) is 2. The van der Waals surface area contributed by atoms with Gasteiger partial charge in [-0.05, 0) is 48.2 Å². The van der Waals surface area contributed by atoms with Crippen LogP contribution in [0.15, 0.2) is 71.2 Å². The Hall–Kier alpha value is -3.59. The van der Waals surface area contributed by atoms with E-state index in [9.17, 15) is 14.4 Å². The molecule has 0 radical (unpaired) electrons. The molecule has 4 rings (SSSR count). The molecule has 0 saturated carbocycles. The first-order valence-corrected chi connectivity index (χ1v) is 9.86. The fourth-order valence-electron chi connectivity index (χ4n) is 4.10. The number of ketones is 1. The number of carbonyl (C=O) groups is 1. The van der Waals surface area contributed by atoms with Crippen LogP contribution in [0.3, 0.4) is 0 Å². The van der Waals surface area contributed by atoms with E-state index in [1.807, 2.05) is 31.3 Å². The molecule has 2 aliphatic rings. The van der Waals surface area contributed by atoms with E-state index in [4.69, 9.17) is 10.5 Å². The first-order valence-electron chi connectivity index (χ1n) is 9.86. The Kier molecular flexibility index (Phi) is 5.28. The van der Waals surface area contributed by atoms with Gasteiger partial charge in [-0.2, -0.15) is 5.26 Å². The summed E-state index contributed by atoms with van der Waals surface area (Å²) in [6.45, 7) is 0.317. The zero-order chi connectivity index (χ0) is 21.3. The molecule has 1 aliphatic carbocycles. The van der Waals surface area contributed by atoms with Crippen molar-refractivity contribution in [3.8, 4) is 11.8 Å². The molecule has 6 heteroatoms. The largest absolute Gasteiger partial charge is 0.489 e. The van der Waals surface area contributed by atoms with Crippen LogP contribution in [-0.2, 0) is 11.4 Å². The lowest BCUT2D eigenvalue weighted by molar-refractivity contribution is -0.116. The van der Waals surface area contributed by atoms with Gasteiger partial charge in [0, 0.05) is 24.7 Å². The summed E-state index contributed by atoms with van der Waals surface area (Å²) in [5.41, 5.74) is 9.92. The van der Waals surface area contributed by atoms with E-state index in [2.05, 4.69) is 6.07 Å². The quantitative estimate of drug-likeness (QED) is 0.830. The molecule has 0 bridgehead atoms. The molecular weight excluding hydrogens is 381 g/mol. The third kappa shape index (κ3) is 3.55. The molecule has 2 aromatic rings. The predicted octanol–water partition coefficient (Wildman–Crippen LogP) is 4.13. The van der Waals surface area contributed by atoms with Crippen molar-refractivity contribution >= 4 is 5.78 Å². The van der Waals surface area contributed by atoms with Crippen LogP contribution < -0.4 is 10.5 Å². The van der Waals surface area contributed by atoms with E-state index in [0.717, 1.165) is 29.7 Å². The van der Waals surface area contributed by atoms with Crippen LogP contribution in [-0.4, -0.2) is 17.7 Å². The van der Waals surface area contributed by atoms with Gasteiger partial charge in [0.05, 0.1) is 17.6 Å². The highest BCUT2D eigenvalue weighted by Crippen LogP contribution is 2.44. The number of allylic oxidation sites excluding steroid dienone is 3. The average molecular weight is 403 g/mol. The van der Waals surface area contributed by atoms with Gasteiger partial charge in [-0.15, -0.1) is 0 Å². The Morgan fingerprint density at radius 3 is 2.53 bits per heavy atom. The van der Waals surface area contributed by atoms with Gasteiger partial charge in [-0.1, -0.05) is 24.3 Å². The number of Topliss-reactive ketones (excluding diaryl/α,β-unsaturated/α-hetero) is 1. The van der Waals surface area contributed by atoms with Crippen molar-refractivity contribution in [3.05, 3.63) is 88.1 Å². The molecule has 30 heavy (non-hydrogen) atoms. The van der Waals surface area contributed by atoms with Crippen LogP contribution >= 0.6 is 0 Å². The molecule has 1 atom stereocenters. The van der Waals surface area contributed by atoms with Crippen molar-refractivity contribution in [3.63, 3.8) is 0 Å². The molecule has 0 spiro atoms. The van der Waals surface area contributed by atoms with Gasteiger partial charge < -0.3 is 15.4 Å². The summed E-state index contributed by atoms with van der Waals surface area (Å²) < 4.78 is 18.8. The van der Waals surface area contributed by atoms with Crippen LogP contribution in [0.2, 0.25) is 0 Å². The second-order valence-electron chi connectivity index (χ2n) is 7.52. The Morgan fingerprint density at radius 1 is 1.17 bits per heavy atom. The maximum Gasteiger partial charge on any atom is 0.161 e. The predicted molar refractivity (Wildman–Crippen MR) is 110 cm³/mol. The smallest absolute Gasteiger partial charge is 0.161 e. The molecule has 2 aromatic carbocycles. The summed E-state index contributed by atoms with van der Waals surface area (Å²) in [4.78, 5) is 14.5. The second-order valence-corrected chi connectivity index (χ2v) is 7.52. The van der Waals surface area contributed by atoms with E-state index in [1.165, 1.54) is 12.1 Å². The number of hydrogen-bond acceptors (Lipinski definition) is 5. The van der Waals surface area contributed by atoms with Gasteiger partial charge in [0.2, 0.25) is 0 Å². The third-order valence-corrected chi connectivity index (χ3v) is 5.70. The Bertz CT molecular complexity index is 1080. The number of carbonyl (C=O) groups excluding carboxylic acids is 1. The zero-order valence-electron chi connectivity index (χ0n) is 16.7. The minimum Gasteiger partial charge on any atom is -0.489 e. The highest BCUT2D eigenvalue weighted by Gasteiger charge is 2.38. The minimum atomic E-state index is -0.458. The Morgan fingerprint density at radius 2 is 1.87 bits per heavy atom. The summed E-state index contributed by atoms with van der Waals surface area (Å²) in [6, 6.07) is 15.7. The Labute approximate surface area is 174 Å². The third-order valence-electron chi connectivity index (χ3n) is 5.70. The molecule has 2 N–H and O–H groups in total. The molecular formula is C24H22FN3O2. The molecule has 0 fully saturated rings. The highest BCUT2D eigenvalue weighted by molar-refractivity contribution is 5.99. The maximum absolute atomic E-state index is 13.0. The zero-order valence-corrected chi connectivity index (χ0v) is 16.7. The van der Waals surface area contributed by atoms with Gasteiger partial charge in [0.25, 0.3) is 0 Å². The molecule has 1 heterocycles. The number of hydrogen-bond donors (Lipinski definition) is 1. The van der Waals surface area contributed by atoms with E-state index in [0.29, 0.717) is 35.7 Å².